The molecule has 0 spiro atoms. The number of aromatic hydroxyl groups is 1. The van der Waals surface area contributed by atoms with Crippen LogP contribution in [-0.2, 0) is 6.42 Å². The molecular formula is C14H19IO. The summed E-state index contributed by atoms with van der Waals surface area (Å²) in [6, 6.07) is 5.92. The first-order valence-electron chi connectivity index (χ1n) is 6.13. The van der Waals surface area contributed by atoms with Crippen molar-refractivity contribution in [1.29, 1.82) is 0 Å². The van der Waals surface area contributed by atoms with E-state index in [4.69, 9.17) is 0 Å². The summed E-state index contributed by atoms with van der Waals surface area (Å²) in [7, 11) is 0. The number of halogens is 1. The third-order valence-electron chi connectivity index (χ3n) is 4.02. The van der Waals surface area contributed by atoms with Gasteiger partial charge >= 0.3 is 0 Å². The van der Waals surface area contributed by atoms with Gasteiger partial charge in [-0.15, -0.1) is 0 Å². The van der Waals surface area contributed by atoms with Gasteiger partial charge in [-0.3, -0.25) is 0 Å². The monoisotopic (exact) mass is 330 g/mol. The van der Waals surface area contributed by atoms with Crippen molar-refractivity contribution in [2.24, 2.45) is 5.41 Å². The molecule has 0 bridgehead atoms. The van der Waals surface area contributed by atoms with Crippen molar-refractivity contribution in [3.05, 3.63) is 27.3 Å². The van der Waals surface area contributed by atoms with Crippen molar-refractivity contribution < 1.29 is 5.11 Å². The second kappa shape index (κ2) is 4.94. The largest absolute Gasteiger partial charge is 0.508 e. The van der Waals surface area contributed by atoms with Crippen LogP contribution in [0.5, 0.6) is 5.75 Å². The van der Waals surface area contributed by atoms with Gasteiger partial charge in [0.05, 0.1) is 0 Å². The average molecular weight is 330 g/mol. The van der Waals surface area contributed by atoms with E-state index >= 15 is 0 Å². The van der Waals surface area contributed by atoms with E-state index in [2.05, 4.69) is 35.6 Å². The van der Waals surface area contributed by atoms with E-state index in [9.17, 15) is 5.11 Å². The Bertz CT molecular complexity index is 367. The minimum absolute atomic E-state index is 0.460. The molecule has 1 nitrogen and oxygen atoms in total. The van der Waals surface area contributed by atoms with E-state index in [0.717, 1.165) is 12.0 Å². The first-order chi connectivity index (χ1) is 7.65. The summed E-state index contributed by atoms with van der Waals surface area (Å²) in [4.78, 5) is 0. The molecule has 0 aromatic heterocycles. The molecule has 88 valence electrons. The average Bonchev–Trinajstić information content (AvgIpc) is 2.73. The molecule has 0 heterocycles. The van der Waals surface area contributed by atoms with E-state index in [1.807, 2.05) is 12.1 Å². The molecule has 1 aromatic rings. The summed E-state index contributed by atoms with van der Waals surface area (Å²) < 4.78 is 1.22. The van der Waals surface area contributed by atoms with Gasteiger partial charge in [0.25, 0.3) is 0 Å². The maximum atomic E-state index is 9.90. The van der Waals surface area contributed by atoms with Crippen LogP contribution in [0.4, 0.5) is 0 Å². The van der Waals surface area contributed by atoms with Gasteiger partial charge in [0, 0.05) is 3.57 Å². The normalized spacial score (nSPS) is 18.9. The Hall–Kier alpha value is -0.250. The predicted octanol–water partition coefficient (Wildman–Crippen LogP) is 4.51. The minimum Gasteiger partial charge on any atom is -0.508 e. The summed E-state index contributed by atoms with van der Waals surface area (Å²) >= 11 is 2.31. The maximum Gasteiger partial charge on any atom is 0.118 e. The molecule has 1 saturated carbocycles. The number of phenols is 1. The quantitative estimate of drug-likeness (QED) is 0.809. The summed E-state index contributed by atoms with van der Waals surface area (Å²) in [5.74, 6) is 0.472. The van der Waals surface area contributed by atoms with Gasteiger partial charge in [0.1, 0.15) is 5.75 Å². The Kier molecular flexibility index (Phi) is 3.77. The van der Waals surface area contributed by atoms with Gasteiger partial charge in [-0.1, -0.05) is 26.2 Å². The smallest absolute Gasteiger partial charge is 0.118 e. The number of rotatable bonds is 3. The van der Waals surface area contributed by atoms with E-state index in [-0.39, 0.29) is 0 Å². The van der Waals surface area contributed by atoms with Crippen molar-refractivity contribution in [3.8, 4) is 5.75 Å². The highest BCUT2D eigenvalue weighted by Gasteiger charge is 2.32. The topological polar surface area (TPSA) is 20.2 Å². The van der Waals surface area contributed by atoms with Crippen LogP contribution in [0.1, 0.15) is 44.6 Å². The molecule has 0 saturated heterocycles. The first-order valence-corrected chi connectivity index (χ1v) is 7.20. The highest BCUT2D eigenvalue weighted by Crippen LogP contribution is 2.44. The fourth-order valence-electron chi connectivity index (χ4n) is 2.88. The zero-order valence-corrected chi connectivity index (χ0v) is 12.0. The van der Waals surface area contributed by atoms with Crippen LogP contribution in [-0.4, -0.2) is 5.11 Å². The lowest BCUT2D eigenvalue weighted by atomic mass is 9.78. The lowest BCUT2D eigenvalue weighted by molar-refractivity contribution is 0.278. The zero-order valence-electron chi connectivity index (χ0n) is 9.80. The fourth-order valence-corrected chi connectivity index (χ4v) is 3.44. The SMILES string of the molecule is CCC1(Cc2cc(I)ccc2O)CCCC1. The molecule has 1 N–H and O–H groups in total. The van der Waals surface area contributed by atoms with Crippen LogP contribution < -0.4 is 0 Å². The lowest BCUT2D eigenvalue weighted by Gasteiger charge is -2.28. The molecule has 16 heavy (non-hydrogen) atoms. The molecule has 1 fully saturated rings. The van der Waals surface area contributed by atoms with E-state index in [1.54, 1.807) is 0 Å². The molecule has 2 heteroatoms. The molecule has 0 radical (unpaired) electrons. The Morgan fingerprint density at radius 2 is 2.00 bits per heavy atom. The summed E-state index contributed by atoms with van der Waals surface area (Å²) in [5.41, 5.74) is 1.60. The minimum atomic E-state index is 0.460. The number of hydrogen-bond acceptors (Lipinski definition) is 1. The van der Waals surface area contributed by atoms with E-state index in [1.165, 1.54) is 35.7 Å². The Balaban J connectivity index is 2.21. The van der Waals surface area contributed by atoms with Gasteiger partial charge in [-0.2, -0.15) is 0 Å². The molecule has 1 aliphatic carbocycles. The molecule has 0 atom stereocenters. The molecule has 1 aliphatic rings. The predicted molar refractivity (Wildman–Crippen MR) is 75.7 cm³/mol. The van der Waals surface area contributed by atoms with Crippen LogP contribution in [0, 0.1) is 8.99 Å². The van der Waals surface area contributed by atoms with Crippen LogP contribution >= 0.6 is 22.6 Å². The van der Waals surface area contributed by atoms with Crippen molar-refractivity contribution in [2.45, 2.75) is 45.4 Å². The lowest BCUT2D eigenvalue weighted by Crippen LogP contribution is -2.18. The number of benzene rings is 1. The van der Waals surface area contributed by atoms with Gasteiger partial charge in [-0.25, -0.2) is 0 Å². The number of phenolic OH excluding ortho intramolecular Hbond substituents is 1. The van der Waals surface area contributed by atoms with Crippen molar-refractivity contribution >= 4 is 22.6 Å². The van der Waals surface area contributed by atoms with Gasteiger partial charge in [0.2, 0.25) is 0 Å². The standard InChI is InChI=1S/C14H19IO/c1-2-14(7-3-4-8-14)10-11-9-12(15)5-6-13(11)16/h5-6,9,16H,2-4,7-8,10H2,1H3. The molecular weight excluding hydrogens is 311 g/mol. The second-order valence-electron chi connectivity index (χ2n) is 5.01. The van der Waals surface area contributed by atoms with Crippen LogP contribution in [0.3, 0.4) is 0 Å². The van der Waals surface area contributed by atoms with Crippen LogP contribution in [0.25, 0.3) is 0 Å². The summed E-state index contributed by atoms with van der Waals surface area (Å²) in [6.07, 6.45) is 7.66. The molecule has 0 aliphatic heterocycles. The Morgan fingerprint density at radius 3 is 2.62 bits per heavy atom. The van der Waals surface area contributed by atoms with Crippen molar-refractivity contribution in [3.63, 3.8) is 0 Å². The Morgan fingerprint density at radius 1 is 1.31 bits per heavy atom. The summed E-state index contributed by atoms with van der Waals surface area (Å²) in [5, 5.41) is 9.90. The third-order valence-corrected chi connectivity index (χ3v) is 4.69. The van der Waals surface area contributed by atoms with E-state index in [0.29, 0.717) is 11.2 Å². The molecule has 0 unspecified atom stereocenters. The summed E-state index contributed by atoms with van der Waals surface area (Å²) in [6.45, 7) is 2.29. The third kappa shape index (κ3) is 2.53. The van der Waals surface area contributed by atoms with Crippen LogP contribution in [0.15, 0.2) is 18.2 Å². The molecule has 2 rings (SSSR count). The zero-order chi connectivity index (χ0) is 11.6. The second-order valence-corrected chi connectivity index (χ2v) is 6.26. The Labute approximate surface area is 111 Å². The van der Waals surface area contributed by atoms with Crippen molar-refractivity contribution in [2.75, 3.05) is 0 Å². The van der Waals surface area contributed by atoms with Crippen molar-refractivity contribution in [1.82, 2.24) is 0 Å². The maximum absolute atomic E-state index is 9.90. The van der Waals surface area contributed by atoms with Gasteiger partial charge in [-0.05, 0) is 71.0 Å². The van der Waals surface area contributed by atoms with Gasteiger partial charge < -0.3 is 5.11 Å². The molecule has 1 aromatic carbocycles. The first kappa shape index (κ1) is 12.2. The highest BCUT2D eigenvalue weighted by atomic mass is 127. The highest BCUT2D eigenvalue weighted by molar-refractivity contribution is 14.1. The number of hydrogen-bond donors (Lipinski definition) is 1. The fraction of sp³-hybridized carbons (Fsp3) is 0.571. The van der Waals surface area contributed by atoms with Gasteiger partial charge in [0.15, 0.2) is 0 Å². The van der Waals surface area contributed by atoms with Crippen LogP contribution in [0.2, 0.25) is 0 Å². The van der Waals surface area contributed by atoms with E-state index < -0.39 is 0 Å². The molecule has 0 amide bonds.